The molecule has 1 rings (SSSR count). The van der Waals surface area contributed by atoms with Gasteiger partial charge in [-0.15, -0.1) is 0 Å². The summed E-state index contributed by atoms with van der Waals surface area (Å²) in [5.41, 5.74) is 0. The van der Waals surface area contributed by atoms with E-state index in [2.05, 4.69) is 0 Å². The summed E-state index contributed by atoms with van der Waals surface area (Å²) >= 11 is 0. The second kappa shape index (κ2) is 4.87. The standard InChI is InChI=1S/C9H17NO5/c1-9(2)14-6-8(15-9)7(3-4-11)5-10(12)13/h7-8,11H,3-6H2,1-2H3/t7-,8+/m1/s1. The second-order valence-electron chi connectivity index (χ2n) is 4.15. The molecule has 0 unspecified atom stereocenters. The van der Waals surface area contributed by atoms with E-state index in [0.29, 0.717) is 13.0 Å². The van der Waals surface area contributed by atoms with E-state index >= 15 is 0 Å². The van der Waals surface area contributed by atoms with Crippen molar-refractivity contribution in [1.82, 2.24) is 0 Å². The molecule has 0 radical (unpaired) electrons. The lowest BCUT2D eigenvalue weighted by Gasteiger charge is -2.20. The van der Waals surface area contributed by atoms with Gasteiger partial charge in [-0.2, -0.15) is 0 Å². The Morgan fingerprint density at radius 3 is 2.73 bits per heavy atom. The molecule has 0 saturated carbocycles. The third-order valence-corrected chi connectivity index (χ3v) is 2.44. The summed E-state index contributed by atoms with van der Waals surface area (Å²) in [5.74, 6) is -0.957. The molecule has 0 amide bonds. The van der Waals surface area contributed by atoms with Crippen LogP contribution in [0.3, 0.4) is 0 Å². The topological polar surface area (TPSA) is 81.8 Å². The van der Waals surface area contributed by atoms with Gasteiger partial charge < -0.3 is 14.6 Å². The first-order valence-electron chi connectivity index (χ1n) is 4.99. The number of nitro groups is 1. The highest BCUT2D eigenvalue weighted by atomic mass is 16.7. The zero-order chi connectivity index (χ0) is 11.5. The summed E-state index contributed by atoms with van der Waals surface area (Å²) in [6, 6.07) is 0. The molecule has 15 heavy (non-hydrogen) atoms. The molecule has 0 aliphatic carbocycles. The van der Waals surface area contributed by atoms with Gasteiger partial charge in [0.25, 0.3) is 0 Å². The molecular weight excluding hydrogens is 202 g/mol. The number of ether oxygens (including phenoxy) is 2. The smallest absolute Gasteiger partial charge is 0.209 e. The Balaban J connectivity index is 2.53. The first-order valence-corrected chi connectivity index (χ1v) is 4.99. The van der Waals surface area contributed by atoms with Gasteiger partial charge in [0.05, 0.1) is 18.6 Å². The van der Waals surface area contributed by atoms with E-state index in [0.717, 1.165) is 0 Å². The van der Waals surface area contributed by atoms with Gasteiger partial charge in [0.2, 0.25) is 6.54 Å². The van der Waals surface area contributed by atoms with Crippen molar-refractivity contribution in [3.8, 4) is 0 Å². The summed E-state index contributed by atoms with van der Waals surface area (Å²) in [4.78, 5) is 10.1. The highest BCUT2D eigenvalue weighted by Crippen LogP contribution is 2.28. The van der Waals surface area contributed by atoms with Gasteiger partial charge in [-0.3, -0.25) is 10.1 Å². The SMILES string of the molecule is CC1(C)OC[C@@H]([C@H](CCO)C[N+](=O)[O-])O1. The van der Waals surface area contributed by atoms with Gasteiger partial charge in [-0.05, 0) is 20.3 Å². The van der Waals surface area contributed by atoms with Crippen LogP contribution in [-0.4, -0.2) is 41.7 Å². The maximum Gasteiger partial charge on any atom is 0.209 e. The number of nitrogens with zero attached hydrogens (tertiary/aromatic N) is 1. The van der Waals surface area contributed by atoms with Crippen LogP contribution in [0.4, 0.5) is 0 Å². The Morgan fingerprint density at radius 2 is 2.33 bits per heavy atom. The number of aliphatic hydroxyl groups is 1. The first kappa shape index (κ1) is 12.4. The molecule has 2 atom stereocenters. The Kier molecular flexibility index (Phi) is 4.01. The van der Waals surface area contributed by atoms with Crippen molar-refractivity contribution in [3.05, 3.63) is 10.1 Å². The summed E-state index contributed by atoms with van der Waals surface area (Å²) < 4.78 is 10.9. The van der Waals surface area contributed by atoms with E-state index < -0.39 is 5.79 Å². The van der Waals surface area contributed by atoms with Crippen molar-refractivity contribution in [2.45, 2.75) is 32.2 Å². The molecule has 1 aliphatic rings. The fourth-order valence-corrected chi connectivity index (χ4v) is 1.70. The molecule has 0 bridgehead atoms. The van der Waals surface area contributed by atoms with Crippen molar-refractivity contribution < 1.29 is 19.5 Å². The van der Waals surface area contributed by atoms with Crippen LogP contribution in [0.2, 0.25) is 0 Å². The normalized spacial score (nSPS) is 26.5. The van der Waals surface area contributed by atoms with E-state index in [1.165, 1.54) is 0 Å². The fourth-order valence-electron chi connectivity index (χ4n) is 1.70. The van der Waals surface area contributed by atoms with Crippen LogP contribution in [0.5, 0.6) is 0 Å². The van der Waals surface area contributed by atoms with Gasteiger partial charge in [-0.25, -0.2) is 0 Å². The Labute approximate surface area is 88.3 Å². The van der Waals surface area contributed by atoms with E-state index in [9.17, 15) is 10.1 Å². The third kappa shape index (κ3) is 3.73. The van der Waals surface area contributed by atoms with Crippen LogP contribution in [0, 0.1) is 16.0 Å². The average Bonchev–Trinajstić information content (AvgIpc) is 2.44. The molecule has 0 aromatic rings. The van der Waals surface area contributed by atoms with Crippen molar-refractivity contribution in [2.75, 3.05) is 19.8 Å². The number of hydrogen-bond donors (Lipinski definition) is 1. The van der Waals surface area contributed by atoms with E-state index in [-0.39, 0.29) is 30.1 Å². The Bertz CT molecular complexity index is 231. The predicted molar refractivity (Wildman–Crippen MR) is 52.0 cm³/mol. The number of rotatable bonds is 5. The molecule has 1 heterocycles. The van der Waals surface area contributed by atoms with E-state index in [4.69, 9.17) is 14.6 Å². The molecule has 88 valence electrons. The fraction of sp³-hybridized carbons (Fsp3) is 1.00. The predicted octanol–water partition coefficient (Wildman–Crippen LogP) is 0.413. The quantitative estimate of drug-likeness (QED) is 0.535. The van der Waals surface area contributed by atoms with Crippen molar-refractivity contribution in [2.24, 2.45) is 5.92 Å². The van der Waals surface area contributed by atoms with Crippen LogP contribution in [0.1, 0.15) is 20.3 Å². The van der Waals surface area contributed by atoms with Crippen LogP contribution in [0.15, 0.2) is 0 Å². The summed E-state index contributed by atoms with van der Waals surface area (Å²) in [6.45, 7) is 3.64. The lowest BCUT2D eigenvalue weighted by molar-refractivity contribution is -0.491. The molecule has 1 N–H and O–H groups in total. The second-order valence-corrected chi connectivity index (χ2v) is 4.15. The Morgan fingerprint density at radius 1 is 1.67 bits per heavy atom. The van der Waals surface area contributed by atoms with Crippen LogP contribution in [0.25, 0.3) is 0 Å². The maximum absolute atomic E-state index is 10.4. The lowest BCUT2D eigenvalue weighted by atomic mass is 10.00. The minimum atomic E-state index is -0.672. The minimum Gasteiger partial charge on any atom is -0.396 e. The zero-order valence-electron chi connectivity index (χ0n) is 9.01. The van der Waals surface area contributed by atoms with Gasteiger partial charge in [0, 0.05) is 11.5 Å². The number of hydrogen-bond acceptors (Lipinski definition) is 5. The monoisotopic (exact) mass is 219 g/mol. The summed E-state index contributed by atoms with van der Waals surface area (Å²) in [7, 11) is 0. The Hall–Kier alpha value is -0.720. The molecule has 0 spiro atoms. The van der Waals surface area contributed by atoms with Crippen LogP contribution in [-0.2, 0) is 9.47 Å². The molecule has 1 fully saturated rings. The van der Waals surface area contributed by atoms with E-state index in [1.807, 2.05) is 0 Å². The van der Waals surface area contributed by atoms with Gasteiger partial charge >= 0.3 is 0 Å². The molecule has 0 aromatic heterocycles. The molecule has 1 saturated heterocycles. The lowest BCUT2D eigenvalue weighted by Crippen LogP contribution is -2.32. The van der Waals surface area contributed by atoms with Crippen molar-refractivity contribution in [1.29, 1.82) is 0 Å². The zero-order valence-corrected chi connectivity index (χ0v) is 9.01. The highest BCUT2D eigenvalue weighted by molar-refractivity contribution is 4.77. The van der Waals surface area contributed by atoms with Crippen LogP contribution >= 0.6 is 0 Å². The largest absolute Gasteiger partial charge is 0.396 e. The molecule has 6 heteroatoms. The average molecular weight is 219 g/mol. The molecular formula is C9H17NO5. The van der Waals surface area contributed by atoms with Crippen molar-refractivity contribution >= 4 is 0 Å². The summed E-state index contributed by atoms with van der Waals surface area (Å²) in [5, 5.41) is 19.3. The van der Waals surface area contributed by atoms with Gasteiger partial charge in [-0.1, -0.05) is 0 Å². The summed E-state index contributed by atoms with van der Waals surface area (Å²) in [6.07, 6.45) is 0.0722. The highest BCUT2D eigenvalue weighted by Gasteiger charge is 2.38. The van der Waals surface area contributed by atoms with Gasteiger partial charge in [0.1, 0.15) is 0 Å². The van der Waals surface area contributed by atoms with Crippen molar-refractivity contribution in [3.63, 3.8) is 0 Å². The van der Waals surface area contributed by atoms with Gasteiger partial charge in [0.15, 0.2) is 5.79 Å². The minimum absolute atomic E-state index is 0.0706. The van der Waals surface area contributed by atoms with E-state index in [1.54, 1.807) is 13.8 Å². The number of aliphatic hydroxyl groups excluding tert-OH is 1. The maximum atomic E-state index is 10.4. The molecule has 6 nitrogen and oxygen atoms in total. The van der Waals surface area contributed by atoms with Crippen LogP contribution < -0.4 is 0 Å². The first-order chi connectivity index (χ1) is 6.94. The third-order valence-electron chi connectivity index (χ3n) is 2.44. The molecule has 1 aliphatic heterocycles. The molecule has 0 aromatic carbocycles.